The Kier molecular flexibility index (Phi) is 8.77. The van der Waals surface area contributed by atoms with Gasteiger partial charge in [-0.15, -0.1) is 0 Å². The number of imide groups is 1. The molecule has 6 rings (SSSR count). The maximum atomic E-state index is 13.6. The van der Waals surface area contributed by atoms with E-state index >= 15 is 0 Å². The second-order valence-electron chi connectivity index (χ2n) is 11.3. The first kappa shape index (κ1) is 31.2. The number of anilines is 2. The number of unbranched alkanes of at least 4 members (excludes halogenated alkanes) is 1. The summed E-state index contributed by atoms with van der Waals surface area (Å²) >= 11 is 6.06. The van der Waals surface area contributed by atoms with Crippen LogP contribution in [0.2, 0.25) is 5.02 Å². The number of aryl methyl sites for hydroxylation is 1. The quantitative estimate of drug-likeness (QED) is 0.164. The van der Waals surface area contributed by atoms with Crippen LogP contribution in [0.15, 0.2) is 78.7 Å². The number of carbonyl (C=O) groups excluding carboxylic acids is 4. The molecule has 46 heavy (non-hydrogen) atoms. The maximum Gasteiger partial charge on any atom is 0.290 e. The number of hydrogen-bond acceptors (Lipinski definition) is 7. The summed E-state index contributed by atoms with van der Waals surface area (Å²) in [6, 6.07) is 17.1. The van der Waals surface area contributed by atoms with E-state index in [0.717, 1.165) is 21.4 Å². The molecule has 0 aliphatic carbocycles. The van der Waals surface area contributed by atoms with Crippen LogP contribution in [0.25, 0.3) is 10.9 Å². The lowest BCUT2D eigenvalue weighted by molar-refractivity contribution is -0.143. The lowest BCUT2D eigenvalue weighted by Gasteiger charge is -2.29. The van der Waals surface area contributed by atoms with Crippen molar-refractivity contribution in [1.82, 2.24) is 4.57 Å². The Labute approximate surface area is 270 Å². The summed E-state index contributed by atoms with van der Waals surface area (Å²) in [5.41, 5.74) is 3.58. The zero-order valence-electron chi connectivity index (χ0n) is 25.3. The van der Waals surface area contributed by atoms with Crippen molar-refractivity contribution in [3.8, 4) is 0 Å². The van der Waals surface area contributed by atoms with E-state index in [2.05, 4.69) is 5.32 Å². The number of nitrogens with zero attached hydrogens (tertiary/aromatic N) is 2. The van der Waals surface area contributed by atoms with Crippen LogP contribution in [0.3, 0.4) is 0 Å². The molecule has 0 saturated heterocycles. The lowest BCUT2D eigenvalue weighted by atomic mass is 9.92. The van der Waals surface area contributed by atoms with E-state index in [-0.39, 0.29) is 35.3 Å². The van der Waals surface area contributed by atoms with E-state index in [0.29, 0.717) is 47.8 Å². The van der Waals surface area contributed by atoms with Gasteiger partial charge in [0.05, 0.1) is 28.9 Å². The summed E-state index contributed by atoms with van der Waals surface area (Å²) in [4.78, 5) is 53.3. The minimum Gasteiger partial charge on any atom is -0.459 e. The lowest BCUT2D eigenvalue weighted by Crippen LogP contribution is -2.30. The molecule has 3 heterocycles. The van der Waals surface area contributed by atoms with E-state index in [1.165, 1.54) is 19.1 Å². The number of hydrogen-bond donors (Lipinski definition) is 2. The largest absolute Gasteiger partial charge is 0.459 e. The molecule has 10 nitrogen and oxygen atoms in total. The van der Waals surface area contributed by atoms with E-state index in [9.17, 15) is 19.2 Å². The molecule has 2 aliphatic heterocycles. The molecule has 4 aromatic rings. The Bertz CT molecular complexity index is 1910. The van der Waals surface area contributed by atoms with Crippen LogP contribution in [-0.2, 0) is 14.3 Å². The highest BCUT2D eigenvalue weighted by Gasteiger charge is 2.37. The van der Waals surface area contributed by atoms with E-state index < -0.39 is 24.0 Å². The highest BCUT2D eigenvalue weighted by molar-refractivity contribution is 6.37. The Morgan fingerprint density at radius 1 is 1.04 bits per heavy atom. The Balaban J connectivity index is 1.26. The summed E-state index contributed by atoms with van der Waals surface area (Å²) in [6.07, 6.45) is 4.42. The Hall–Kier alpha value is -4.77. The molecule has 0 fully saturated rings. The SMILES string of the molecule is CC(=O)n1cc([C@@H]2C=C(C(=O)Nc3ccc(N4C(=O)c5ccc(Cl)cc5C4=O)c(C)c3)O[C@H](OCCCCO)C2)c2ccccc21. The minimum atomic E-state index is -0.736. The first-order valence-electron chi connectivity index (χ1n) is 15.0. The molecule has 0 radical (unpaired) electrons. The molecule has 2 aliphatic rings. The van der Waals surface area contributed by atoms with Gasteiger partial charge in [0, 0.05) is 48.2 Å². The van der Waals surface area contributed by atoms with Gasteiger partial charge >= 0.3 is 0 Å². The average Bonchev–Trinajstić information content (AvgIpc) is 3.54. The zero-order chi connectivity index (χ0) is 32.5. The number of aliphatic hydroxyl groups excluding tert-OH is 1. The number of allylic oxidation sites excluding steroid dienone is 1. The predicted molar refractivity (Wildman–Crippen MR) is 173 cm³/mol. The Morgan fingerprint density at radius 3 is 2.59 bits per heavy atom. The maximum absolute atomic E-state index is 13.6. The fraction of sp³-hybridized carbons (Fsp3) is 0.257. The van der Waals surface area contributed by atoms with E-state index in [1.807, 2.05) is 24.3 Å². The fourth-order valence-corrected chi connectivity index (χ4v) is 6.11. The van der Waals surface area contributed by atoms with Crippen LogP contribution in [-0.4, -0.2) is 52.8 Å². The van der Waals surface area contributed by atoms with Gasteiger partial charge in [-0.2, -0.15) is 0 Å². The molecule has 2 N–H and O–H groups in total. The summed E-state index contributed by atoms with van der Waals surface area (Å²) in [7, 11) is 0. The van der Waals surface area contributed by atoms with Gasteiger partial charge in [0.2, 0.25) is 12.2 Å². The number of rotatable bonds is 9. The van der Waals surface area contributed by atoms with Gasteiger partial charge in [-0.25, -0.2) is 4.90 Å². The topological polar surface area (TPSA) is 127 Å². The molecule has 3 amide bonds. The van der Waals surface area contributed by atoms with Crippen molar-refractivity contribution in [2.24, 2.45) is 0 Å². The van der Waals surface area contributed by atoms with Crippen LogP contribution in [0.5, 0.6) is 0 Å². The highest BCUT2D eigenvalue weighted by Crippen LogP contribution is 2.37. The van der Waals surface area contributed by atoms with Crippen molar-refractivity contribution in [2.75, 3.05) is 23.4 Å². The summed E-state index contributed by atoms with van der Waals surface area (Å²) < 4.78 is 13.6. The van der Waals surface area contributed by atoms with Crippen molar-refractivity contribution < 1.29 is 33.8 Å². The molecule has 11 heteroatoms. The third kappa shape index (κ3) is 5.94. The molecule has 236 valence electrons. The molecule has 1 aromatic heterocycles. The standard InChI is InChI=1S/C35H32ClN3O7/c1-20-15-24(10-12-29(20)39-34(43)26-11-9-23(36)18-27(26)35(39)44)37-33(42)31-16-22(17-32(46-31)45-14-6-5-13-40)28-19-38(21(2)41)30-8-4-3-7-25(28)30/h3-4,7-12,15-16,18-19,22,32,40H,5-6,13-14,17H2,1-2H3,(H,37,42)/t22-,32+/m1/s1. The number of benzene rings is 3. The van der Waals surface area contributed by atoms with Crippen molar-refractivity contribution in [1.29, 1.82) is 0 Å². The third-order valence-corrected chi connectivity index (χ3v) is 8.40. The molecule has 0 unspecified atom stereocenters. The number of halogens is 1. The predicted octanol–water partition coefficient (Wildman–Crippen LogP) is 6.21. The number of aliphatic hydroxyl groups is 1. The molecule has 3 aromatic carbocycles. The fourth-order valence-electron chi connectivity index (χ4n) is 5.93. The Morgan fingerprint density at radius 2 is 1.83 bits per heavy atom. The second-order valence-corrected chi connectivity index (χ2v) is 11.7. The summed E-state index contributed by atoms with van der Waals surface area (Å²) in [5.74, 6) is -1.79. The van der Waals surface area contributed by atoms with Gasteiger partial charge in [0.25, 0.3) is 17.7 Å². The molecule has 0 saturated carbocycles. The molecule has 2 atom stereocenters. The zero-order valence-corrected chi connectivity index (χ0v) is 26.0. The molecular weight excluding hydrogens is 610 g/mol. The number of fused-ring (bicyclic) bond motifs is 2. The van der Waals surface area contributed by atoms with Gasteiger partial charge in [-0.3, -0.25) is 23.7 Å². The van der Waals surface area contributed by atoms with Gasteiger partial charge in [0.15, 0.2) is 5.76 Å². The molecular formula is C35H32ClN3O7. The normalized spacial score (nSPS) is 17.6. The number of aromatic nitrogens is 1. The third-order valence-electron chi connectivity index (χ3n) is 8.16. The smallest absolute Gasteiger partial charge is 0.290 e. The van der Waals surface area contributed by atoms with Crippen molar-refractivity contribution >= 4 is 57.5 Å². The molecule has 0 bridgehead atoms. The van der Waals surface area contributed by atoms with Crippen LogP contribution in [0, 0.1) is 6.92 Å². The van der Waals surface area contributed by atoms with Crippen molar-refractivity contribution in [3.05, 3.63) is 106 Å². The first-order valence-corrected chi connectivity index (χ1v) is 15.4. The van der Waals surface area contributed by atoms with Crippen LogP contribution in [0.1, 0.15) is 68.7 Å². The van der Waals surface area contributed by atoms with Crippen LogP contribution in [0.4, 0.5) is 11.4 Å². The van der Waals surface area contributed by atoms with E-state index in [4.69, 9.17) is 26.2 Å². The average molecular weight is 642 g/mol. The number of ether oxygens (including phenoxy) is 2. The van der Waals surface area contributed by atoms with Gasteiger partial charge in [-0.05, 0) is 79.4 Å². The van der Waals surface area contributed by atoms with E-state index in [1.54, 1.807) is 48.0 Å². The summed E-state index contributed by atoms with van der Waals surface area (Å²) in [5, 5.41) is 13.3. The van der Waals surface area contributed by atoms with Gasteiger partial charge in [-0.1, -0.05) is 29.8 Å². The minimum absolute atomic E-state index is 0.0508. The van der Waals surface area contributed by atoms with Gasteiger partial charge in [0.1, 0.15) is 0 Å². The number of amides is 3. The van der Waals surface area contributed by atoms with Crippen molar-refractivity contribution in [2.45, 2.75) is 45.3 Å². The number of para-hydroxylation sites is 1. The number of nitrogens with one attached hydrogen (secondary N) is 1. The van der Waals surface area contributed by atoms with Gasteiger partial charge < -0.3 is 19.9 Å². The molecule has 0 spiro atoms. The summed E-state index contributed by atoms with van der Waals surface area (Å²) in [6.45, 7) is 3.64. The highest BCUT2D eigenvalue weighted by atomic mass is 35.5. The number of carbonyl (C=O) groups is 4. The second kappa shape index (κ2) is 12.9. The van der Waals surface area contributed by atoms with Crippen molar-refractivity contribution in [3.63, 3.8) is 0 Å². The first-order chi connectivity index (χ1) is 22.2. The van der Waals surface area contributed by atoms with Crippen LogP contribution < -0.4 is 10.2 Å². The monoisotopic (exact) mass is 641 g/mol. The van der Waals surface area contributed by atoms with Crippen LogP contribution >= 0.6 is 11.6 Å².